The maximum absolute atomic E-state index is 15.0. The van der Waals surface area contributed by atoms with E-state index >= 15 is 0 Å². The minimum Gasteiger partial charge on any atom is -0.453 e. The van der Waals surface area contributed by atoms with Crippen LogP contribution in [0, 0.1) is 34.9 Å². The second-order valence-corrected chi connectivity index (χ2v) is 15.1. The van der Waals surface area contributed by atoms with Gasteiger partial charge in [0.25, 0.3) is 0 Å². The number of likely N-dealkylation sites (tertiary alicyclic amines) is 3. The molecule has 5 aliphatic rings. The number of alkyl halides is 1. The lowest BCUT2D eigenvalue weighted by Crippen LogP contribution is -2.60. The Morgan fingerprint density at radius 2 is 1.77 bits per heavy atom. The van der Waals surface area contributed by atoms with E-state index in [0.717, 1.165) is 101 Å². The van der Waals surface area contributed by atoms with Crippen molar-refractivity contribution in [2.45, 2.75) is 62.7 Å². The van der Waals surface area contributed by atoms with Crippen molar-refractivity contribution in [2.75, 3.05) is 77.5 Å². The van der Waals surface area contributed by atoms with Gasteiger partial charge < -0.3 is 24.8 Å². The van der Waals surface area contributed by atoms with Crippen LogP contribution in [0.15, 0.2) is 42.5 Å². The monoisotopic (exact) mass is 660 g/mol. The van der Waals surface area contributed by atoms with Crippen molar-refractivity contribution in [3.8, 4) is 6.07 Å². The number of nitrogens with zero attached hydrogens (tertiary/aromatic N) is 5. The smallest absolute Gasteiger partial charge is 0.407 e. The number of piperidine rings is 1. The molecule has 3 atom stereocenters. The molecule has 5 fully saturated rings. The number of amides is 1. The van der Waals surface area contributed by atoms with E-state index in [4.69, 9.17) is 4.74 Å². The zero-order valence-electron chi connectivity index (χ0n) is 28.3. The van der Waals surface area contributed by atoms with E-state index < -0.39 is 6.17 Å². The number of alkyl carbamates (subject to hydrolysis) is 1. The van der Waals surface area contributed by atoms with Gasteiger partial charge in [0.05, 0.1) is 18.7 Å². The summed E-state index contributed by atoms with van der Waals surface area (Å²) in [6.45, 7) is 9.67. The van der Waals surface area contributed by atoms with Gasteiger partial charge in [0.1, 0.15) is 12.0 Å². The highest BCUT2D eigenvalue weighted by Gasteiger charge is 2.53. The summed E-state index contributed by atoms with van der Waals surface area (Å²) < 4.78 is 33.4. The fraction of sp³-hybridized carbons (Fsp3) is 0.632. The molecule has 4 heterocycles. The normalized spacial score (nSPS) is 25.8. The van der Waals surface area contributed by atoms with Crippen LogP contribution in [0.1, 0.15) is 55.2 Å². The molecule has 1 N–H and O–H groups in total. The number of anilines is 1. The number of nitrogens with one attached hydrogen (secondary N) is 1. The highest BCUT2D eigenvalue weighted by molar-refractivity contribution is 5.67. The number of hydrogen-bond donors (Lipinski definition) is 1. The summed E-state index contributed by atoms with van der Waals surface area (Å²) in [7, 11) is 1.43. The summed E-state index contributed by atoms with van der Waals surface area (Å²) >= 11 is 0. The van der Waals surface area contributed by atoms with Gasteiger partial charge >= 0.3 is 6.09 Å². The maximum atomic E-state index is 15.0. The Morgan fingerprint density at radius 3 is 2.44 bits per heavy atom. The first-order valence-corrected chi connectivity index (χ1v) is 18.0. The van der Waals surface area contributed by atoms with E-state index in [1.165, 1.54) is 13.5 Å². The minimum absolute atomic E-state index is 0.00948. The quantitative estimate of drug-likeness (QED) is 0.357. The Kier molecular flexibility index (Phi) is 9.91. The van der Waals surface area contributed by atoms with E-state index in [1.807, 2.05) is 18.2 Å². The van der Waals surface area contributed by atoms with Gasteiger partial charge in [-0.1, -0.05) is 18.6 Å². The highest BCUT2D eigenvalue weighted by Crippen LogP contribution is 2.51. The van der Waals surface area contributed by atoms with Gasteiger partial charge in [0.2, 0.25) is 0 Å². The fourth-order valence-corrected chi connectivity index (χ4v) is 9.52. The molecule has 0 spiro atoms. The first-order valence-electron chi connectivity index (χ1n) is 18.0. The van der Waals surface area contributed by atoms with Gasteiger partial charge in [-0.15, -0.1) is 0 Å². The molecular formula is C38H50F2N6O2. The van der Waals surface area contributed by atoms with Gasteiger partial charge in [0, 0.05) is 68.9 Å². The van der Waals surface area contributed by atoms with Gasteiger partial charge in [-0.05, 0) is 112 Å². The number of carbonyl (C=O) groups excluding carboxylic acids is 1. The fourth-order valence-electron chi connectivity index (χ4n) is 9.52. The van der Waals surface area contributed by atoms with Crippen LogP contribution in [0.4, 0.5) is 19.3 Å². The summed E-state index contributed by atoms with van der Waals surface area (Å²) in [4.78, 5) is 22.1. The van der Waals surface area contributed by atoms with E-state index in [9.17, 15) is 18.8 Å². The van der Waals surface area contributed by atoms with Crippen LogP contribution in [-0.2, 0) is 16.7 Å². The Hall–Kier alpha value is -3.26. The van der Waals surface area contributed by atoms with Crippen molar-refractivity contribution in [3.63, 3.8) is 0 Å². The van der Waals surface area contributed by atoms with Crippen LogP contribution < -0.4 is 10.2 Å². The molecule has 1 aliphatic carbocycles. The lowest BCUT2D eigenvalue weighted by atomic mass is 9.57. The number of carbonyl (C=O) groups is 1. The molecular weight excluding hydrogens is 610 g/mol. The van der Waals surface area contributed by atoms with E-state index in [0.29, 0.717) is 37.0 Å². The molecule has 1 amide bonds. The topological polar surface area (TPSA) is 75.1 Å². The molecule has 8 nitrogen and oxygen atoms in total. The number of nitriles is 1. The van der Waals surface area contributed by atoms with E-state index in [2.05, 4.69) is 43.1 Å². The van der Waals surface area contributed by atoms with Crippen LogP contribution in [0.25, 0.3) is 0 Å². The molecule has 4 saturated heterocycles. The summed E-state index contributed by atoms with van der Waals surface area (Å²) in [6, 6.07) is 15.7. The van der Waals surface area contributed by atoms with Crippen molar-refractivity contribution in [3.05, 3.63) is 65.0 Å². The van der Waals surface area contributed by atoms with Crippen LogP contribution in [0.3, 0.4) is 0 Å². The van der Waals surface area contributed by atoms with Crippen molar-refractivity contribution in [1.29, 1.82) is 5.26 Å². The summed E-state index contributed by atoms with van der Waals surface area (Å²) in [5, 5.41) is 12.8. The first-order chi connectivity index (χ1) is 23.3. The number of benzene rings is 2. The summed E-state index contributed by atoms with van der Waals surface area (Å²) in [5.74, 6) is 0.995. The predicted octanol–water partition coefficient (Wildman–Crippen LogP) is 5.17. The third kappa shape index (κ3) is 6.79. The Labute approximate surface area is 284 Å². The van der Waals surface area contributed by atoms with Crippen LogP contribution in [0.5, 0.6) is 0 Å². The average Bonchev–Trinajstić information content (AvgIpc) is 3.50. The van der Waals surface area contributed by atoms with Gasteiger partial charge in [-0.25, -0.2) is 13.6 Å². The van der Waals surface area contributed by atoms with Crippen molar-refractivity contribution >= 4 is 11.8 Å². The zero-order valence-corrected chi connectivity index (χ0v) is 28.3. The molecule has 0 aromatic heterocycles. The van der Waals surface area contributed by atoms with Crippen LogP contribution >= 0.6 is 0 Å². The molecule has 2 aromatic carbocycles. The third-order valence-electron chi connectivity index (χ3n) is 12.1. The van der Waals surface area contributed by atoms with Crippen LogP contribution in [-0.4, -0.2) is 106 Å². The number of halogens is 2. The van der Waals surface area contributed by atoms with Crippen molar-refractivity contribution < 1.29 is 18.3 Å². The first kappa shape index (κ1) is 33.2. The lowest BCUT2D eigenvalue weighted by molar-refractivity contribution is 0.0223. The zero-order chi connectivity index (χ0) is 33.3. The number of rotatable bonds is 11. The van der Waals surface area contributed by atoms with Crippen molar-refractivity contribution in [2.24, 2.45) is 17.8 Å². The molecule has 258 valence electrons. The molecule has 0 radical (unpaired) electrons. The molecule has 1 unspecified atom stereocenters. The van der Waals surface area contributed by atoms with Gasteiger partial charge in [-0.3, -0.25) is 4.90 Å². The average molecular weight is 661 g/mol. The van der Waals surface area contributed by atoms with Crippen LogP contribution in [0.2, 0.25) is 0 Å². The Balaban J connectivity index is 1.02. The third-order valence-corrected chi connectivity index (χ3v) is 12.1. The largest absolute Gasteiger partial charge is 0.453 e. The van der Waals surface area contributed by atoms with Gasteiger partial charge in [-0.2, -0.15) is 5.26 Å². The Bertz CT molecular complexity index is 1480. The lowest BCUT2D eigenvalue weighted by Gasteiger charge is -2.54. The summed E-state index contributed by atoms with van der Waals surface area (Å²) in [5.41, 5.74) is 3.65. The molecule has 48 heavy (non-hydrogen) atoms. The SMILES string of the molecule is COC(=O)N[C@H]1CCC[C@@H]1C(CN1CCC1)(c1cccc(F)c1)C1CCN(CC2CN(c3ccc(C#N)c(CN4CC(F)C4)c3)C2)CC1. The second kappa shape index (κ2) is 14.3. The number of ether oxygens (including phenoxy) is 1. The number of methoxy groups -OCH3 is 1. The summed E-state index contributed by atoms with van der Waals surface area (Å²) in [6.07, 6.45) is 5.16. The molecule has 0 bridgehead atoms. The molecule has 7 rings (SSSR count). The number of hydrogen-bond acceptors (Lipinski definition) is 7. The van der Waals surface area contributed by atoms with Gasteiger partial charge in [0.15, 0.2) is 0 Å². The minimum atomic E-state index is -0.749. The van der Waals surface area contributed by atoms with E-state index in [-0.39, 0.29) is 29.3 Å². The van der Waals surface area contributed by atoms with E-state index in [1.54, 1.807) is 12.1 Å². The predicted molar refractivity (Wildman–Crippen MR) is 182 cm³/mol. The maximum Gasteiger partial charge on any atom is 0.407 e. The molecule has 10 heteroatoms. The van der Waals surface area contributed by atoms with Crippen molar-refractivity contribution in [1.82, 2.24) is 20.0 Å². The molecule has 1 saturated carbocycles. The highest BCUT2D eigenvalue weighted by atomic mass is 19.1. The molecule has 4 aliphatic heterocycles. The standard InChI is InChI=1S/C38H50F2N6O2/c1-48-37(47)42-36-8-3-7-35(36)38(26-44-13-4-14-44,31-5-2-6-32(39)18-31)30-11-15-43(16-12-30)20-27-21-46(22-27)34-10-9-28(19-41)29(17-34)23-45-24-33(40)25-45/h2,5-6,9-10,17-18,27,30,33,35-36H,3-4,7-8,11-16,20-26H2,1H3,(H,42,47)/t35-,36-,38?/m0/s1. The Morgan fingerprint density at radius 1 is 0.979 bits per heavy atom. The molecule has 2 aromatic rings. The second-order valence-electron chi connectivity index (χ2n) is 15.1.